The molecular formula is C56H40O. The minimum atomic E-state index is -0.704. The Morgan fingerprint density at radius 2 is 0.632 bits per heavy atom. The summed E-state index contributed by atoms with van der Waals surface area (Å²) in [6, 6.07) is 62.3. The van der Waals surface area contributed by atoms with Crippen LogP contribution in [0.3, 0.4) is 0 Å². The number of carbonyl (C=O) groups is 1. The third-order valence-corrected chi connectivity index (χ3v) is 14.1. The maximum atomic E-state index is 15.0. The topological polar surface area (TPSA) is 17.1 Å². The summed E-state index contributed by atoms with van der Waals surface area (Å²) in [5.74, 6) is 0.0858. The number of hydrogen-bond acceptors (Lipinski definition) is 1. The molecule has 57 heavy (non-hydrogen) atoms. The number of fused-ring (bicyclic) bond motifs is 15. The third-order valence-electron chi connectivity index (χ3n) is 14.1. The lowest BCUT2D eigenvalue weighted by atomic mass is 9.60. The average Bonchev–Trinajstić information content (AvgIpc) is 3.78. The van der Waals surface area contributed by atoms with Gasteiger partial charge in [-0.05, 0) is 112 Å². The van der Waals surface area contributed by atoms with Gasteiger partial charge in [0.05, 0.1) is 5.41 Å². The molecule has 0 fully saturated rings. The van der Waals surface area contributed by atoms with Gasteiger partial charge in [0.25, 0.3) is 0 Å². The summed E-state index contributed by atoms with van der Waals surface area (Å²) in [4.78, 5) is 15.0. The number of benzene rings is 8. The molecule has 4 aliphatic rings. The lowest BCUT2D eigenvalue weighted by Gasteiger charge is -2.40. The molecule has 0 atom stereocenters. The summed E-state index contributed by atoms with van der Waals surface area (Å²) >= 11 is 0. The molecule has 0 heterocycles. The van der Waals surface area contributed by atoms with Crippen LogP contribution in [0.4, 0.5) is 0 Å². The van der Waals surface area contributed by atoms with Gasteiger partial charge in [0.1, 0.15) is 0 Å². The van der Waals surface area contributed by atoms with Crippen LogP contribution < -0.4 is 0 Å². The second-order valence-electron chi connectivity index (χ2n) is 17.5. The van der Waals surface area contributed by atoms with E-state index in [9.17, 15) is 0 Å². The first-order valence-electron chi connectivity index (χ1n) is 20.2. The molecule has 8 aromatic carbocycles. The van der Waals surface area contributed by atoms with Crippen LogP contribution in [-0.2, 0) is 16.2 Å². The van der Waals surface area contributed by atoms with Gasteiger partial charge in [-0.3, -0.25) is 4.79 Å². The van der Waals surface area contributed by atoms with E-state index in [0.29, 0.717) is 0 Å². The van der Waals surface area contributed by atoms with E-state index in [1.165, 1.54) is 77.9 Å². The Kier molecular flexibility index (Phi) is 6.33. The molecule has 12 rings (SSSR count). The second kappa shape index (κ2) is 11.1. The molecule has 8 aromatic rings. The molecule has 1 heteroatoms. The van der Waals surface area contributed by atoms with Crippen molar-refractivity contribution in [2.45, 2.75) is 43.9 Å². The highest BCUT2D eigenvalue weighted by Gasteiger charge is 2.52. The highest BCUT2D eigenvalue weighted by atomic mass is 16.1. The summed E-state index contributed by atoms with van der Waals surface area (Å²) in [5, 5.41) is 0. The molecule has 0 bridgehead atoms. The van der Waals surface area contributed by atoms with Crippen LogP contribution in [0.5, 0.6) is 0 Å². The molecule has 0 saturated heterocycles. The summed E-state index contributed by atoms with van der Waals surface area (Å²) in [7, 11) is 0. The van der Waals surface area contributed by atoms with E-state index < -0.39 is 5.41 Å². The standard InChI is InChI=1S/C56H40O/c1-54(2)45-23-9-5-17-39(45)41-21-13-19-35(51(41)54)33-27-29-43-49(31-33)56(47-25-11-7-15-37(47)38-16-8-12-26-48(38)56)50-32-34(28-30-44(50)53(43)57)36-20-14-22-42-40-18-6-10-24-46(40)55(3,4)52(36)42/h5-32H,1-4H3. The molecule has 0 N–H and O–H groups in total. The smallest absolute Gasteiger partial charge is 0.193 e. The Morgan fingerprint density at radius 3 is 1.05 bits per heavy atom. The maximum Gasteiger partial charge on any atom is 0.193 e. The van der Waals surface area contributed by atoms with Crippen molar-refractivity contribution in [2.75, 3.05) is 0 Å². The fraction of sp³-hybridized carbons (Fsp3) is 0.125. The van der Waals surface area contributed by atoms with Gasteiger partial charge in [0.15, 0.2) is 5.78 Å². The maximum absolute atomic E-state index is 15.0. The van der Waals surface area contributed by atoms with Crippen LogP contribution >= 0.6 is 0 Å². The molecule has 1 nitrogen and oxygen atoms in total. The van der Waals surface area contributed by atoms with Crippen molar-refractivity contribution in [3.05, 3.63) is 225 Å². The van der Waals surface area contributed by atoms with E-state index in [0.717, 1.165) is 33.4 Å². The molecule has 0 saturated carbocycles. The van der Waals surface area contributed by atoms with Crippen molar-refractivity contribution in [1.29, 1.82) is 0 Å². The van der Waals surface area contributed by atoms with Gasteiger partial charge in [0.2, 0.25) is 0 Å². The Morgan fingerprint density at radius 1 is 0.298 bits per heavy atom. The lowest BCUT2D eigenvalue weighted by Crippen LogP contribution is -2.36. The first-order chi connectivity index (χ1) is 27.7. The van der Waals surface area contributed by atoms with Crippen molar-refractivity contribution in [2.24, 2.45) is 0 Å². The summed E-state index contributed by atoms with van der Waals surface area (Å²) in [6.07, 6.45) is 0. The Labute approximate surface area is 334 Å². The summed E-state index contributed by atoms with van der Waals surface area (Å²) in [5.41, 5.74) is 22.9. The molecule has 0 aliphatic heterocycles. The first-order valence-corrected chi connectivity index (χ1v) is 20.2. The van der Waals surface area contributed by atoms with Crippen LogP contribution in [0, 0.1) is 0 Å². The lowest BCUT2D eigenvalue weighted by molar-refractivity contribution is 0.103. The minimum Gasteiger partial charge on any atom is -0.289 e. The van der Waals surface area contributed by atoms with Gasteiger partial charge in [0, 0.05) is 22.0 Å². The zero-order valence-corrected chi connectivity index (χ0v) is 32.6. The third kappa shape index (κ3) is 3.97. The van der Waals surface area contributed by atoms with Crippen molar-refractivity contribution in [3.63, 3.8) is 0 Å². The minimum absolute atomic E-state index is 0.0858. The predicted molar refractivity (Wildman–Crippen MR) is 233 cm³/mol. The average molecular weight is 729 g/mol. The van der Waals surface area contributed by atoms with Crippen LogP contribution in [0.15, 0.2) is 170 Å². The Hall–Kier alpha value is -6.57. The molecule has 0 radical (unpaired) electrons. The fourth-order valence-corrected chi connectivity index (χ4v) is 11.7. The quantitative estimate of drug-likeness (QED) is 0.173. The van der Waals surface area contributed by atoms with Crippen LogP contribution in [0.1, 0.15) is 88.1 Å². The van der Waals surface area contributed by atoms with E-state index in [1.54, 1.807) is 0 Å². The SMILES string of the molecule is CC1(C)c2ccccc2-c2cccc(-c3ccc4c(c3)C3(c5cc(-c6cccc7c6C(C)(C)c6ccccc6-7)ccc5C4=O)c4ccccc4-c4ccccc43)c21. The fourth-order valence-electron chi connectivity index (χ4n) is 11.7. The summed E-state index contributed by atoms with van der Waals surface area (Å²) in [6.45, 7) is 9.41. The van der Waals surface area contributed by atoms with Crippen molar-refractivity contribution in [3.8, 4) is 55.6 Å². The molecule has 4 aliphatic carbocycles. The van der Waals surface area contributed by atoms with Gasteiger partial charge < -0.3 is 0 Å². The number of carbonyl (C=O) groups excluding carboxylic acids is 1. The van der Waals surface area contributed by atoms with Crippen molar-refractivity contribution < 1.29 is 4.79 Å². The van der Waals surface area contributed by atoms with E-state index in [2.05, 4.69) is 198 Å². The Bertz CT molecular complexity index is 2890. The highest BCUT2D eigenvalue weighted by Crippen LogP contribution is 2.61. The van der Waals surface area contributed by atoms with E-state index in [4.69, 9.17) is 0 Å². The van der Waals surface area contributed by atoms with Gasteiger partial charge in [-0.15, -0.1) is 0 Å². The van der Waals surface area contributed by atoms with E-state index in [-0.39, 0.29) is 16.6 Å². The highest BCUT2D eigenvalue weighted by molar-refractivity contribution is 6.15. The van der Waals surface area contributed by atoms with Gasteiger partial charge >= 0.3 is 0 Å². The van der Waals surface area contributed by atoms with Crippen LogP contribution in [0.2, 0.25) is 0 Å². The molecule has 270 valence electrons. The van der Waals surface area contributed by atoms with Crippen LogP contribution in [-0.4, -0.2) is 5.78 Å². The predicted octanol–water partition coefficient (Wildman–Crippen LogP) is 13.5. The zero-order chi connectivity index (χ0) is 38.4. The van der Waals surface area contributed by atoms with Crippen LogP contribution in [0.25, 0.3) is 55.6 Å². The molecule has 0 amide bonds. The second-order valence-corrected chi connectivity index (χ2v) is 17.5. The number of rotatable bonds is 2. The molecular weight excluding hydrogens is 689 g/mol. The molecule has 0 unspecified atom stereocenters. The van der Waals surface area contributed by atoms with Crippen molar-refractivity contribution >= 4 is 5.78 Å². The number of hydrogen-bond donors (Lipinski definition) is 0. The van der Waals surface area contributed by atoms with Gasteiger partial charge in [-0.25, -0.2) is 0 Å². The van der Waals surface area contributed by atoms with Gasteiger partial charge in [-0.2, -0.15) is 0 Å². The summed E-state index contributed by atoms with van der Waals surface area (Å²) < 4.78 is 0. The zero-order valence-electron chi connectivity index (χ0n) is 32.6. The largest absolute Gasteiger partial charge is 0.289 e. The first kappa shape index (κ1) is 32.7. The Balaban J connectivity index is 1.15. The number of ketones is 1. The molecule has 1 spiro atoms. The van der Waals surface area contributed by atoms with Crippen molar-refractivity contribution in [1.82, 2.24) is 0 Å². The molecule has 0 aromatic heterocycles. The van der Waals surface area contributed by atoms with E-state index in [1.807, 2.05) is 0 Å². The van der Waals surface area contributed by atoms with E-state index >= 15 is 4.79 Å². The van der Waals surface area contributed by atoms with Gasteiger partial charge in [-0.1, -0.05) is 185 Å². The normalized spacial score (nSPS) is 16.2. The monoisotopic (exact) mass is 728 g/mol.